The molecule has 0 aromatic carbocycles. The Hall–Kier alpha value is -0.790. The molecule has 0 aromatic heterocycles. The number of hydrogen-bond acceptors (Lipinski definition) is 3. The van der Waals surface area contributed by atoms with E-state index >= 15 is 0 Å². The fourth-order valence-corrected chi connectivity index (χ4v) is 3.14. The van der Waals surface area contributed by atoms with Crippen molar-refractivity contribution in [2.24, 2.45) is 0 Å². The highest BCUT2D eigenvalue weighted by atomic mass is 35.5. The molecule has 3 nitrogen and oxygen atoms in total. The minimum Gasteiger partial charge on any atom is -0.369 e. The molecule has 4 heteroatoms. The quantitative estimate of drug-likeness (QED) is 0.447. The summed E-state index contributed by atoms with van der Waals surface area (Å²) in [5.41, 5.74) is 0. The van der Waals surface area contributed by atoms with Gasteiger partial charge in [-0.1, -0.05) is 31.1 Å². The summed E-state index contributed by atoms with van der Waals surface area (Å²) in [5, 5.41) is -0.141. The molecule has 0 radical (unpaired) electrons. The van der Waals surface area contributed by atoms with Crippen LogP contribution in [0.25, 0.3) is 0 Å². The topological polar surface area (TPSA) is 27.7 Å². The first-order chi connectivity index (χ1) is 10.4. The van der Waals surface area contributed by atoms with Gasteiger partial charge < -0.3 is 14.2 Å². The summed E-state index contributed by atoms with van der Waals surface area (Å²) in [6.07, 6.45) is 15.1. The molecule has 2 aliphatic heterocycles. The first-order valence-electron chi connectivity index (χ1n) is 7.89. The fraction of sp³-hybridized carbons (Fsp3) is 0.667. The summed E-state index contributed by atoms with van der Waals surface area (Å²) in [6.45, 7) is 5.97. The fourth-order valence-electron chi connectivity index (χ4n) is 2.88. The predicted octanol–water partition coefficient (Wildman–Crippen LogP) is 3.82. The zero-order valence-corrected chi connectivity index (χ0v) is 14.3. The Kier molecular flexibility index (Phi) is 6.11. The number of rotatable bonds is 4. The molecule has 22 heavy (non-hydrogen) atoms. The first-order valence-corrected chi connectivity index (χ1v) is 8.33. The molecule has 0 saturated carbocycles. The summed E-state index contributed by atoms with van der Waals surface area (Å²) in [6, 6.07) is 0. The second kappa shape index (κ2) is 7.66. The number of hydrogen-bond donors (Lipinski definition) is 0. The molecule has 0 aromatic rings. The Morgan fingerprint density at radius 3 is 2.86 bits per heavy atom. The second-order valence-electron chi connectivity index (χ2n) is 6.20. The SMILES string of the molecule is C#C/C=C\C[C@@H](Cl)[C@H]1C[C@H]2OC(C)(C)O[C@@H]2/C=C\[C@@H](CC)O1. The van der Waals surface area contributed by atoms with Gasteiger partial charge in [0.2, 0.25) is 0 Å². The Bertz CT molecular complexity index is 463. The van der Waals surface area contributed by atoms with E-state index in [4.69, 9.17) is 32.2 Å². The maximum atomic E-state index is 6.54. The van der Waals surface area contributed by atoms with Gasteiger partial charge in [0.1, 0.15) is 6.10 Å². The van der Waals surface area contributed by atoms with E-state index in [0.717, 1.165) is 6.42 Å². The highest BCUT2D eigenvalue weighted by molar-refractivity contribution is 6.21. The van der Waals surface area contributed by atoms with E-state index in [1.165, 1.54) is 0 Å². The van der Waals surface area contributed by atoms with Gasteiger partial charge in [-0.15, -0.1) is 18.0 Å². The third-order valence-electron chi connectivity index (χ3n) is 3.93. The van der Waals surface area contributed by atoms with Crippen molar-refractivity contribution < 1.29 is 14.2 Å². The lowest BCUT2D eigenvalue weighted by molar-refractivity contribution is -0.146. The zero-order valence-electron chi connectivity index (χ0n) is 13.5. The van der Waals surface area contributed by atoms with Crippen molar-refractivity contribution in [3.63, 3.8) is 0 Å². The molecule has 5 atom stereocenters. The summed E-state index contributed by atoms with van der Waals surface area (Å²) in [7, 11) is 0. The van der Waals surface area contributed by atoms with E-state index in [-0.39, 0.29) is 29.8 Å². The van der Waals surface area contributed by atoms with E-state index in [9.17, 15) is 0 Å². The zero-order chi connectivity index (χ0) is 16.2. The maximum absolute atomic E-state index is 6.54. The smallest absolute Gasteiger partial charge is 0.164 e. The molecule has 1 fully saturated rings. The van der Waals surface area contributed by atoms with Gasteiger partial charge in [-0.05, 0) is 32.8 Å². The molecule has 0 bridgehead atoms. The molecule has 0 N–H and O–H groups in total. The van der Waals surface area contributed by atoms with Crippen LogP contribution in [0, 0.1) is 12.3 Å². The van der Waals surface area contributed by atoms with Crippen molar-refractivity contribution in [2.75, 3.05) is 0 Å². The third-order valence-corrected chi connectivity index (χ3v) is 4.39. The van der Waals surface area contributed by atoms with E-state index in [0.29, 0.717) is 12.8 Å². The third kappa shape index (κ3) is 4.60. The van der Waals surface area contributed by atoms with Gasteiger partial charge >= 0.3 is 0 Å². The molecule has 0 aliphatic carbocycles. The maximum Gasteiger partial charge on any atom is 0.164 e. The Morgan fingerprint density at radius 1 is 1.41 bits per heavy atom. The summed E-state index contributed by atoms with van der Waals surface area (Å²) in [5.74, 6) is 1.91. The average molecular weight is 325 g/mol. The van der Waals surface area contributed by atoms with Crippen LogP contribution in [-0.4, -0.2) is 35.6 Å². The molecule has 0 spiro atoms. The van der Waals surface area contributed by atoms with Gasteiger partial charge in [-0.2, -0.15) is 0 Å². The van der Waals surface area contributed by atoms with Crippen LogP contribution in [-0.2, 0) is 14.2 Å². The van der Waals surface area contributed by atoms with Crippen LogP contribution < -0.4 is 0 Å². The van der Waals surface area contributed by atoms with Gasteiger partial charge in [0.15, 0.2) is 5.79 Å². The largest absolute Gasteiger partial charge is 0.369 e. The van der Waals surface area contributed by atoms with Crippen molar-refractivity contribution in [3.05, 3.63) is 24.3 Å². The van der Waals surface area contributed by atoms with Crippen LogP contribution >= 0.6 is 11.6 Å². The van der Waals surface area contributed by atoms with Gasteiger partial charge in [0.25, 0.3) is 0 Å². The molecule has 2 rings (SSSR count). The minimum atomic E-state index is -0.568. The highest BCUT2D eigenvalue weighted by Crippen LogP contribution is 2.35. The van der Waals surface area contributed by atoms with Gasteiger partial charge in [-0.3, -0.25) is 0 Å². The molecule has 0 unspecified atom stereocenters. The number of allylic oxidation sites excluding steroid dienone is 2. The highest BCUT2D eigenvalue weighted by Gasteiger charge is 2.43. The molecule has 0 amide bonds. The van der Waals surface area contributed by atoms with Crippen molar-refractivity contribution in [2.45, 2.75) is 75.6 Å². The lowest BCUT2D eigenvalue weighted by Gasteiger charge is -2.30. The van der Waals surface area contributed by atoms with Crippen molar-refractivity contribution in [1.82, 2.24) is 0 Å². The van der Waals surface area contributed by atoms with Crippen LogP contribution in [0.5, 0.6) is 0 Å². The van der Waals surface area contributed by atoms with E-state index < -0.39 is 5.79 Å². The van der Waals surface area contributed by atoms with Crippen molar-refractivity contribution in [3.8, 4) is 12.3 Å². The van der Waals surface area contributed by atoms with Gasteiger partial charge in [0, 0.05) is 6.42 Å². The molecule has 2 aliphatic rings. The average Bonchev–Trinajstić information content (AvgIpc) is 2.73. The summed E-state index contributed by atoms with van der Waals surface area (Å²) in [4.78, 5) is 0. The van der Waals surface area contributed by atoms with Crippen LogP contribution in [0.15, 0.2) is 24.3 Å². The number of terminal acetylenes is 1. The van der Waals surface area contributed by atoms with Crippen LogP contribution in [0.2, 0.25) is 0 Å². The number of ether oxygens (including phenoxy) is 3. The van der Waals surface area contributed by atoms with Crippen LogP contribution in [0.3, 0.4) is 0 Å². The van der Waals surface area contributed by atoms with Crippen LogP contribution in [0.4, 0.5) is 0 Å². The Labute approximate surface area is 138 Å². The monoisotopic (exact) mass is 324 g/mol. The Morgan fingerprint density at radius 2 is 2.18 bits per heavy atom. The molecule has 2 heterocycles. The molecular formula is C18H25ClO3. The molecule has 122 valence electrons. The van der Waals surface area contributed by atoms with E-state index in [1.807, 2.05) is 19.9 Å². The second-order valence-corrected chi connectivity index (χ2v) is 6.76. The van der Waals surface area contributed by atoms with E-state index in [2.05, 4.69) is 25.0 Å². The number of alkyl halides is 1. The normalized spacial score (nSPS) is 37.0. The number of halogens is 1. The lowest BCUT2D eigenvalue weighted by Crippen LogP contribution is -2.37. The van der Waals surface area contributed by atoms with Gasteiger partial charge in [0.05, 0.1) is 23.7 Å². The van der Waals surface area contributed by atoms with E-state index in [1.54, 1.807) is 6.08 Å². The standard InChI is InChI=1S/C18H25ClO3/c1-5-7-8-9-14(19)16-12-17-15(21-18(3,4)22-17)11-10-13(6-2)20-16/h1,7-8,10-11,13-17H,6,9,12H2,2-4H3/b8-7-,11-10-/t13-,14-,15-,16-,17-/m1/s1. The summed E-state index contributed by atoms with van der Waals surface area (Å²) < 4.78 is 18.1. The summed E-state index contributed by atoms with van der Waals surface area (Å²) >= 11 is 6.54. The van der Waals surface area contributed by atoms with Crippen molar-refractivity contribution >= 4 is 11.6 Å². The number of fused-ring (bicyclic) bond motifs is 1. The lowest BCUT2D eigenvalue weighted by atomic mass is 9.99. The minimum absolute atomic E-state index is 0.0353. The molecular weight excluding hydrogens is 300 g/mol. The van der Waals surface area contributed by atoms with Gasteiger partial charge in [-0.25, -0.2) is 0 Å². The van der Waals surface area contributed by atoms with Crippen LogP contribution in [0.1, 0.15) is 40.0 Å². The Balaban J connectivity index is 2.11. The van der Waals surface area contributed by atoms with Crippen molar-refractivity contribution in [1.29, 1.82) is 0 Å². The molecule has 1 saturated heterocycles. The first kappa shape index (κ1) is 17.6. The predicted molar refractivity (Wildman–Crippen MR) is 88.8 cm³/mol.